The third kappa shape index (κ3) is 3.11. The molecule has 6 heteroatoms. The van der Waals surface area contributed by atoms with E-state index in [9.17, 15) is 4.79 Å². The van der Waals surface area contributed by atoms with Gasteiger partial charge in [-0.2, -0.15) is 0 Å². The fourth-order valence-corrected chi connectivity index (χ4v) is 3.87. The molecule has 0 unspecified atom stereocenters. The minimum atomic E-state index is 0.0643. The molecule has 0 radical (unpaired) electrons. The number of hydrogen-bond acceptors (Lipinski definition) is 3. The average Bonchev–Trinajstić information content (AvgIpc) is 3.15. The first-order chi connectivity index (χ1) is 11.5. The van der Waals surface area contributed by atoms with Gasteiger partial charge >= 0.3 is 0 Å². The average molecular weight is 329 g/mol. The Morgan fingerprint density at radius 2 is 2.25 bits per heavy atom. The molecule has 1 aliphatic rings. The van der Waals surface area contributed by atoms with Crippen LogP contribution in [0.1, 0.15) is 40.6 Å². The van der Waals surface area contributed by atoms with Crippen molar-refractivity contribution in [3.8, 4) is 0 Å². The molecule has 1 N–H and O–H groups in total. The molecular weight excluding hydrogens is 302 g/mol. The third-order valence-corrected chi connectivity index (χ3v) is 5.19. The topological polar surface area (TPSA) is 57.2 Å². The fourth-order valence-electron chi connectivity index (χ4n) is 3.87. The summed E-state index contributed by atoms with van der Waals surface area (Å²) in [6.45, 7) is 3.79. The summed E-state index contributed by atoms with van der Waals surface area (Å²) in [5, 5.41) is 0. The monoisotopic (exact) mass is 329 g/mol. The van der Waals surface area contributed by atoms with Gasteiger partial charge in [-0.05, 0) is 50.9 Å². The summed E-state index contributed by atoms with van der Waals surface area (Å²) in [6.07, 6.45) is 7.92. The molecule has 1 amide bonds. The van der Waals surface area contributed by atoms with Gasteiger partial charge < -0.3 is 14.5 Å². The second-order valence-electron chi connectivity index (χ2n) is 6.98. The summed E-state index contributed by atoms with van der Waals surface area (Å²) < 4.78 is 2.09. The molecule has 2 aromatic rings. The van der Waals surface area contributed by atoms with Crippen LogP contribution in [0, 0.1) is 12.8 Å². The quantitative estimate of drug-likeness (QED) is 0.936. The summed E-state index contributed by atoms with van der Waals surface area (Å²) in [5.74, 6) is 0.470. The molecule has 1 fully saturated rings. The number of rotatable bonds is 4. The van der Waals surface area contributed by atoms with E-state index in [2.05, 4.69) is 26.5 Å². The third-order valence-electron chi connectivity index (χ3n) is 5.19. The lowest BCUT2D eigenvalue weighted by atomic mass is 9.87. The van der Waals surface area contributed by atoms with Gasteiger partial charge in [-0.3, -0.25) is 9.69 Å². The van der Waals surface area contributed by atoms with Crippen LogP contribution < -0.4 is 0 Å². The Kier molecular flexibility index (Phi) is 4.76. The lowest BCUT2D eigenvalue weighted by Gasteiger charge is -2.40. The number of carbonyl (C=O) groups excluding carboxylic acids is 1. The van der Waals surface area contributed by atoms with Crippen molar-refractivity contribution in [2.45, 2.75) is 25.8 Å². The van der Waals surface area contributed by atoms with Crippen molar-refractivity contribution in [3.63, 3.8) is 0 Å². The number of aryl methyl sites for hydroxylation is 2. The van der Waals surface area contributed by atoms with Crippen molar-refractivity contribution in [1.29, 1.82) is 0 Å². The maximum absolute atomic E-state index is 12.7. The zero-order valence-corrected chi connectivity index (χ0v) is 15.0. The van der Waals surface area contributed by atoms with Crippen LogP contribution in [-0.2, 0) is 7.05 Å². The van der Waals surface area contributed by atoms with E-state index in [1.807, 2.05) is 50.7 Å². The van der Waals surface area contributed by atoms with Crippen molar-refractivity contribution in [3.05, 3.63) is 41.7 Å². The van der Waals surface area contributed by atoms with Crippen LogP contribution >= 0.6 is 0 Å². The maximum Gasteiger partial charge on any atom is 0.270 e. The Labute approximate surface area is 143 Å². The zero-order valence-electron chi connectivity index (χ0n) is 15.0. The van der Waals surface area contributed by atoms with Gasteiger partial charge in [0.2, 0.25) is 0 Å². The molecule has 0 aliphatic carbocycles. The predicted octanol–water partition coefficient (Wildman–Crippen LogP) is 2.21. The van der Waals surface area contributed by atoms with E-state index in [0.29, 0.717) is 17.7 Å². The lowest BCUT2D eigenvalue weighted by molar-refractivity contribution is 0.0628. The second-order valence-corrected chi connectivity index (χ2v) is 6.98. The molecule has 1 aliphatic heterocycles. The van der Waals surface area contributed by atoms with E-state index < -0.39 is 0 Å². The Balaban J connectivity index is 1.78. The highest BCUT2D eigenvalue weighted by molar-refractivity contribution is 5.93. The summed E-state index contributed by atoms with van der Waals surface area (Å²) in [6, 6.07) is 2.24. The molecule has 1 saturated heterocycles. The number of nitrogens with zero attached hydrogens (tertiary/aromatic N) is 4. The molecule has 0 spiro atoms. The summed E-state index contributed by atoms with van der Waals surface area (Å²) in [5.41, 5.74) is 2.91. The molecule has 130 valence electrons. The van der Waals surface area contributed by atoms with Crippen molar-refractivity contribution >= 4 is 5.91 Å². The first-order valence-corrected chi connectivity index (χ1v) is 8.55. The molecule has 24 heavy (non-hydrogen) atoms. The highest BCUT2D eigenvalue weighted by Crippen LogP contribution is 2.35. The van der Waals surface area contributed by atoms with Crippen molar-refractivity contribution < 1.29 is 4.79 Å². The molecule has 0 bridgehead atoms. The number of nitrogens with one attached hydrogen (secondary N) is 1. The van der Waals surface area contributed by atoms with Gasteiger partial charge in [0.1, 0.15) is 5.69 Å². The fraction of sp³-hybridized carbons (Fsp3) is 0.556. The van der Waals surface area contributed by atoms with Crippen LogP contribution in [0.25, 0.3) is 0 Å². The number of aromatic nitrogens is 3. The number of hydrogen-bond donors (Lipinski definition) is 1. The normalized spacial score (nSPS) is 21.8. The van der Waals surface area contributed by atoms with E-state index in [4.69, 9.17) is 0 Å². The van der Waals surface area contributed by atoms with Crippen molar-refractivity contribution in [2.75, 3.05) is 27.2 Å². The van der Waals surface area contributed by atoms with E-state index in [0.717, 1.165) is 25.1 Å². The number of aromatic amines is 1. The van der Waals surface area contributed by atoms with Gasteiger partial charge in [0, 0.05) is 33.0 Å². The zero-order chi connectivity index (χ0) is 17.3. The highest BCUT2D eigenvalue weighted by Gasteiger charge is 2.34. The lowest BCUT2D eigenvalue weighted by Crippen LogP contribution is -2.43. The Morgan fingerprint density at radius 3 is 2.88 bits per heavy atom. The van der Waals surface area contributed by atoms with Crippen LogP contribution in [0.5, 0.6) is 0 Å². The number of H-pyrrole nitrogens is 1. The predicted molar refractivity (Wildman–Crippen MR) is 93.8 cm³/mol. The molecule has 6 nitrogen and oxygen atoms in total. The van der Waals surface area contributed by atoms with E-state index >= 15 is 0 Å². The molecule has 0 aromatic carbocycles. The standard InChI is InChI=1S/C18H27N5O/c1-13-7-8-20-16(13)18(24)22(3)11-14-6-5-9-21(2)17(14)15-10-19-12-23(15)4/h7-8,10,12,14,17,20H,5-6,9,11H2,1-4H3/t14-,17+/m0/s1. The van der Waals surface area contributed by atoms with E-state index in [1.165, 1.54) is 12.1 Å². The van der Waals surface area contributed by atoms with Crippen molar-refractivity contribution in [1.82, 2.24) is 24.3 Å². The maximum atomic E-state index is 12.7. The first kappa shape index (κ1) is 16.8. The molecular formula is C18H27N5O. The highest BCUT2D eigenvalue weighted by atomic mass is 16.2. The Bertz CT molecular complexity index is 704. The van der Waals surface area contributed by atoms with Gasteiger partial charge in [-0.15, -0.1) is 0 Å². The van der Waals surface area contributed by atoms with Gasteiger partial charge in [-0.1, -0.05) is 0 Å². The summed E-state index contributed by atoms with van der Waals surface area (Å²) in [4.78, 5) is 24.3. The summed E-state index contributed by atoms with van der Waals surface area (Å²) in [7, 11) is 6.11. The van der Waals surface area contributed by atoms with Gasteiger partial charge in [0.25, 0.3) is 5.91 Å². The van der Waals surface area contributed by atoms with Crippen LogP contribution in [0.3, 0.4) is 0 Å². The van der Waals surface area contributed by atoms with Crippen LogP contribution in [0.15, 0.2) is 24.8 Å². The second kappa shape index (κ2) is 6.81. The van der Waals surface area contributed by atoms with E-state index in [1.54, 1.807) is 0 Å². The van der Waals surface area contributed by atoms with Crippen LogP contribution in [0.4, 0.5) is 0 Å². The smallest absolute Gasteiger partial charge is 0.270 e. The molecule has 0 saturated carbocycles. The largest absolute Gasteiger partial charge is 0.357 e. The SMILES string of the molecule is Cc1cc[nH]c1C(=O)N(C)C[C@@H]1CCCN(C)[C@H]1c1cncn1C. The molecule has 2 aromatic heterocycles. The Morgan fingerprint density at radius 1 is 1.46 bits per heavy atom. The number of amides is 1. The van der Waals surface area contributed by atoms with Crippen LogP contribution in [0.2, 0.25) is 0 Å². The van der Waals surface area contributed by atoms with Gasteiger partial charge in [-0.25, -0.2) is 4.98 Å². The number of piperidine rings is 1. The number of imidazole rings is 1. The van der Waals surface area contributed by atoms with Gasteiger partial charge in [0.15, 0.2) is 0 Å². The van der Waals surface area contributed by atoms with Crippen LogP contribution in [-0.4, -0.2) is 57.4 Å². The van der Waals surface area contributed by atoms with Gasteiger partial charge in [0.05, 0.1) is 18.1 Å². The van der Waals surface area contributed by atoms with Crippen molar-refractivity contribution in [2.24, 2.45) is 13.0 Å². The minimum Gasteiger partial charge on any atom is -0.357 e. The van der Waals surface area contributed by atoms with E-state index in [-0.39, 0.29) is 5.91 Å². The first-order valence-electron chi connectivity index (χ1n) is 8.55. The number of carbonyl (C=O) groups is 1. The Hall–Kier alpha value is -2.08. The molecule has 3 heterocycles. The summed E-state index contributed by atoms with van der Waals surface area (Å²) >= 11 is 0. The molecule has 2 atom stereocenters. The number of likely N-dealkylation sites (tertiary alicyclic amines) is 1. The molecule has 3 rings (SSSR count). The minimum absolute atomic E-state index is 0.0643.